The largest absolute Gasteiger partial charge is 0.465 e. The first-order chi connectivity index (χ1) is 12.1. The van der Waals surface area contributed by atoms with Crippen molar-refractivity contribution in [3.63, 3.8) is 0 Å². The lowest BCUT2D eigenvalue weighted by Gasteiger charge is -2.05. The van der Waals surface area contributed by atoms with E-state index in [0.29, 0.717) is 21.2 Å². The lowest BCUT2D eigenvalue weighted by molar-refractivity contribution is 0.0601. The number of ether oxygens (including phenoxy) is 1. The molecule has 25 heavy (non-hydrogen) atoms. The summed E-state index contributed by atoms with van der Waals surface area (Å²) in [5.41, 5.74) is 2.03. The minimum Gasteiger partial charge on any atom is -0.465 e. The van der Waals surface area contributed by atoms with Crippen LogP contribution in [-0.2, 0) is 17.6 Å². The van der Waals surface area contributed by atoms with Gasteiger partial charge in [-0.15, -0.1) is 11.3 Å². The highest BCUT2D eigenvalue weighted by Gasteiger charge is 2.28. The standard InChI is InChI=1S/C18H14ClNO4S/c1-23-18(22)15-11-3-2-4-14(11)25-17(15)20-16(21)13-8-9-7-10(19)5-6-12(9)24-13/h5-8H,2-4H2,1H3,(H,20,21). The summed E-state index contributed by atoms with van der Waals surface area (Å²) >= 11 is 7.39. The van der Waals surface area contributed by atoms with Crippen LogP contribution in [0.2, 0.25) is 5.02 Å². The van der Waals surface area contributed by atoms with Gasteiger partial charge in [-0.25, -0.2) is 4.79 Å². The molecule has 0 saturated carbocycles. The molecule has 0 unspecified atom stereocenters. The van der Waals surface area contributed by atoms with E-state index < -0.39 is 11.9 Å². The van der Waals surface area contributed by atoms with Gasteiger partial charge in [0.05, 0.1) is 12.7 Å². The van der Waals surface area contributed by atoms with Crippen LogP contribution < -0.4 is 5.32 Å². The molecule has 0 bridgehead atoms. The molecule has 1 aliphatic rings. The maximum absolute atomic E-state index is 12.6. The number of esters is 1. The molecular formula is C18H14ClNO4S. The third-order valence-electron chi connectivity index (χ3n) is 4.24. The number of hydrogen-bond donors (Lipinski definition) is 1. The van der Waals surface area contributed by atoms with Crippen molar-refractivity contribution in [1.82, 2.24) is 0 Å². The number of halogens is 1. The fourth-order valence-electron chi connectivity index (χ4n) is 3.10. The number of rotatable bonds is 3. The summed E-state index contributed by atoms with van der Waals surface area (Å²) in [6.07, 6.45) is 2.77. The molecule has 1 amide bonds. The zero-order valence-electron chi connectivity index (χ0n) is 13.3. The number of carbonyl (C=O) groups is 2. The van der Waals surface area contributed by atoms with Gasteiger partial charge in [-0.2, -0.15) is 0 Å². The van der Waals surface area contributed by atoms with Crippen molar-refractivity contribution < 1.29 is 18.7 Å². The van der Waals surface area contributed by atoms with Gasteiger partial charge in [0, 0.05) is 15.3 Å². The van der Waals surface area contributed by atoms with Gasteiger partial charge in [0.15, 0.2) is 5.76 Å². The molecule has 7 heteroatoms. The van der Waals surface area contributed by atoms with Gasteiger partial charge in [-0.1, -0.05) is 11.6 Å². The molecule has 0 aliphatic heterocycles. The molecular weight excluding hydrogens is 362 g/mol. The molecule has 2 heterocycles. The maximum Gasteiger partial charge on any atom is 0.341 e. The van der Waals surface area contributed by atoms with Gasteiger partial charge in [0.2, 0.25) is 0 Å². The van der Waals surface area contributed by atoms with E-state index in [-0.39, 0.29) is 5.76 Å². The molecule has 1 aromatic carbocycles. The van der Waals surface area contributed by atoms with Crippen LogP contribution in [0.4, 0.5) is 5.00 Å². The number of methoxy groups -OCH3 is 1. The highest BCUT2D eigenvalue weighted by atomic mass is 35.5. The maximum atomic E-state index is 12.6. The molecule has 4 rings (SSSR count). The molecule has 2 aromatic heterocycles. The van der Waals surface area contributed by atoms with Crippen molar-refractivity contribution in [1.29, 1.82) is 0 Å². The molecule has 1 N–H and O–H groups in total. The molecule has 0 atom stereocenters. The predicted octanol–water partition coefficient (Wildman–Crippen LogP) is 4.68. The Morgan fingerprint density at radius 1 is 1.28 bits per heavy atom. The summed E-state index contributed by atoms with van der Waals surface area (Å²) in [4.78, 5) is 25.9. The Morgan fingerprint density at radius 2 is 2.12 bits per heavy atom. The fourth-order valence-corrected chi connectivity index (χ4v) is 4.55. The summed E-state index contributed by atoms with van der Waals surface area (Å²) in [5.74, 6) is -0.662. The zero-order valence-corrected chi connectivity index (χ0v) is 14.9. The quantitative estimate of drug-likeness (QED) is 0.675. The third kappa shape index (κ3) is 2.81. The van der Waals surface area contributed by atoms with E-state index in [9.17, 15) is 9.59 Å². The zero-order chi connectivity index (χ0) is 17.6. The first-order valence-corrected chi connectivity index (χ1v) is 8.99. The van der Waals surface area contributed by atoms with E-state index in [4.69, 9.17) is 20.8 Å². The van der Waals surface area contributed by atoms with Gasteiger partial charge in [0.25, 0.3) is 5.91 Å². The summed E-state index contributed by atoms with van der Waals surface area (Å²) < 4.78 is 10.5. The summed E-state index contributed by atoms with van der Waals surface area (Å²) in [5, 5.41) is 4.63. The van der Waals surface area contributed by atoms with Crippen LogP contribution >= 0.6 is 22.9 Å². The van der Waals surface area contributed by atoms with Crippen molar-refractivity contribution >= 4 is 50.8 Å². The summed E-state index contributed by atoms with van der Waals surface area (Å²) in [6.45, 7) is 0. The van der Waals surface area contributed by atoms with Gasteiger partial charge < -0.3 is 14.5 Å². The van der Waals surface area contributed by atoms with Crippen molar-refractivity contribution in [2.24, 2.45) is 0 Å². The Balaban J connectivity index is 1.67. The van der Waals surface area contributed by atoms with Crippen molar-refractivity contribution in [2.75, 3.05) is 12.4 Å². The Morgan fingerprint density at radius 3 is 2.92 bits per heavy atom. The predicted molar refractivity (Wildman–Crippen MR) is 96.9 cm³/mol. The number of furan rings is 1. The highest BCUT2D eigenvalue weighted by molar-refractivity contribution is 7.17. The number of aryl methyl sites for hydroxylation is 1. The highest BCUT2D eigenvalue weighted by Crippen LogP contribution is 2.39. The second kappa shape index (κ2) is 6.20. The molecule has 0 fully saturated rings. The molecule has 5 nitrogen and oxygen atoms in total. The van der Waals surface area contributed by atoms with Crippen LogP contribution in [0, 0.1) is 0 Å². The van der Waals surface area contributed by atoms with E-state index in [1.165, 1.54) is 18.4 Å². The Bertz CT molecular complexity index is 1000. The van der Waals surface area contributed by atoms with Crippen molar-refractivity contribution in [3.05, 3.63) is 51.1 Å². The molecule has 3 aromatic rings. The smallest absolute Gasteiger partial charge is 0.341 e. The topological polar surface area (TPSA) is 68.5 Å². The Kier molecular flexibility index (Phi) is 4.01. The van der Waals surface area contributed by atoms with Crippen LogP contribution in [0.15, 0.2) is 28.7 Å². The number of nitrogens with one attached hydrogen (secondary N) is 1. The fraction of sp³-hybridized carbons (Fsp3) is 0.222. The van der Waals surface area contributed by atoms with Crippen LogP contribution in [0.3, 0.4) is 0 Å². The van der Waals surface area contributed by atoms with Gasteiger partial charge in [0.1, 0.15) is 10.6 Å². The second-order valence-electron chi connectivity index (χ2n) is 5.80. The normalized spacial score (nSPS) is 13.0. The van der Waals surface area contributed by atoms with E-state index in [0.717, 1.165) is 35.1 Å². The van der Waals surface area contributed by atoms with Crippen molar-refractivity contribution in [2.45, 2.75) is 19.3 Å². The van der Waals surface area contributed by atoms with Crippen LogP contribution in [-0.4, -0.2) is 19.0 Å². The number of carbonyl (C=O) groups excluding carboxylic acids is 2. The van der Waals surface area contributed by atoms with E-state index >= 15 is 0 Å². The van der Waals surface area contributed by atoms with Crippen molar-refractivity contribution in [3.8, 4) is 0 Å². The molecule has 128 valence electrons. The molecule has 0 spiro atoms. The monoisotopic (exact) mass is 375 g/mol. The summed E-state index contributed by atoms with van der Waals surface area (Å²) in [6, 6.07) is 6.79. The van der Waals surface area contributed by atoms with E-state index in [1.807, 2.05) is 0 Å². The average molecular weight is 376 g/mol. The van der Waals surface area contributed by atoms with Gasteiger partial charge in [-0.3, -0.25) is 4.79 Å². The number of fused-ring (bicyclic) bond motifs is 2. The lowest BCUT2D eigenvalue weighted by atomic mass is 10.1. The van der Waals surface area contributed by atoms with E-state index in [1.54, 1.807) is 24.3 Å². The third-order valence-corrected chi connectivity index (χ3v) is 5.68. The van der Waals surface area contributed by atoms with Crippen LogP contribution in [0.5, 0.6) is 0 Å². The number of amides is 1. The number of benzene rings is 1. The average Bonchev–Trinajstić information content (AvgIpc) is 3.27. The van der Waals surface area contributed by atoms with E-state index in [2.05, 4.69) is 5.32 Å². The number of thiophene rings is 1. The van der Waals surface area contributed by atoms with Crippen LogP contribution in [0.1, 0.15) is 37.8 Å². The first kappa shape index (κ1) is 16.2. The minimum atomic E-state index is -0.425. The van der Waals surface area contributed by atoms with Gasteiger partial charge >= 0.3 is 5.97 Å². The van der Waals surface area contributed by atoms with Gasteiger partial charge in [-0.05, 0) is 49.1 Å². The second-order valence-corrected chi connectivity index (χ2v) is 7.34. The Hall–Kier alpha value is -2.31. The molecule has 0 radical (unpaired) electrons. The number of hydrogen-bond acceptors (Lipinski definition) is 5. The number of anilines is 1. The lowest BCUT2D eigenvalue weighted by Crippen LogP contribution is -2.14. The summed E-state index contributed by atoms with van der Waals surface area (Å²) in [7, 11) is 1.34. The molecule has 1 aliphatic carbocycles. The molecule has 0 saturated heterocycles. The minimum absolute atomic E-state index is 0.168. The Labute approximate surface area is 152 Å². The SMILES string of the molecule is COC(=O)c1c(NC(=O)c2cc3cc(Cl)ccc3o2)sc2c1CCC2. The first-order valence-electron chi connectivity index (χ1n) is 7.80. The van der Waals surface area contributed by atoms with Crippen LogP contribution in [0.25, 0.3) is 11.0 Å².